The second-order valence-corrected chi connectivity index (χ2v) is 36.8. The average Bonchev–Trinajstić information content (AvgIpc) is 1.63. The van der Waals surface area contributed by atoms with Crippen LogP contribution in [-0.4, -0.2) is 223 Å². The van der Waals surface area contributed by atoms with Crippen molar-refractivity contribution in [2.45, 2.75) is 318 Å². The summed E-state index contributed by atoms with van der Waals surface area (Å²) in [5.41, 5.74) is 8.92. The number of carbonyl (C=O) groups is 10. The summed E-state index contributed by atoms with van der Waals surface area (Å²) < 4.78 is 54.7. The molecule has 2 aromatic rings. The number of nitrogens with two attached hydrogens (primary N) is 3. The molecule has 125 heavy (non-hydrogen) atoms. The number of Topliss-reactive ketones (excluding diaryl/α,β-unsaturated/α-hetero) is 3. The fraction of sp³-hybridized carbons (Fsp3) is 0.702. The number of hydrogen-bond acceptors (Lipinski definition) is 27. The Morgan fingerprint density at radius 2 is 0.744 bits per heavy atom. The number of amides is 5. The van der Waals surface area contributed by atoms with E-state index in [1.54, 1.807) is 184 Å². The number of halogens is 5. The molecule has 0 aliphatic rings. The molecular weight excluding hydrogens is 1880 g/mol. The van der Waals surface area contributed by atoms with Crippen LogP contribution in [0.25, 0.3) is 4.85 Å². The molecule has 35 nitrogen and oxygen atoms in total. The van der Waals surface area contributed by atoms with Gasteiger partial charge < -0.3 is 113 Å². The minimum atomic E-state index is -1.53. The molecule has 0 bridgehead atoms. The number of nitrogens with zero attached hydrogens (tertiary/aromatic N) is 1. The van der Waals surface area contributed by atoms with E-state index in [9.17, 15) is 63.3 Å². The van der Waals surface area contributed by atoms with Crippen molar-refractivity contribution in [2.75, 3.05) is 65.4 Å². The number of nitrogens with one attached hydrogen (secondary N) is 6. The van der Waals surface area contributed by atoms with Gasteiger partial charge in [-0.3, -0.25) is 19.2 Å². The van der Waals surface area contributed by atoms with Gasteiger partial charge in [0.05, 0.1) is 56.0 Å². The summed E-state index contributed by atoms with van der Waals surface area (Å²) in [5, 5.41) is 62.6. The zero-order chi connectivity index (χ0) is 101. The van der Waals surface area contributed by atoms with Crippen molar-refractivity contribution in [3.8, 4) is 0 Å². The molecule has 0 heterocycles. The van der Waals surface area contributed by atoms with Gasteiger partial charge in [-0.05, 0) is 171 Å². The van der Waals surface area contributed by atoms with Crippen molar-refractivity contribution in [1.29, 1.82) is 0 Å². The summed E-state index contributed by atoms with van der Waals surface area (Å²) in [5.74, 6) is 0.153. The maximum absolute atomic E-state index is 12.0. The number of rotatable bonds is 26. The molecule has 2 aromatic carbocycles. The van der Waals surface area contributed by atoms with Gasteiger partial charge in [-0.1, -0.05) is 139 Å². The third-order valence-corrected chi connectivity index (χ3v) is 14.1. The van der Waals surface area contributed by atoms with Crippen LogP contribution in [0.3, 0.4) is 0 Å². The van der Waals surface area contributed by atoms with Gasteiger partial charge in [-0.15, -0.1) is 0 Å². The molecule has 0 fully saturated rings. The number of hydrogen-bond donors (Lipinski definition) is 14. The van der Waals surface area contributed by atoms with E-state index in [-0.39, 0.29) is 89.2 Å². The quantitative estimate of drug-likeness (QED) is 0.00479. The molecule has 0 spiro atoms. The number of ketones is 3. The van der Waals surface area contributed by atoms with Crippen LogP contribution in [0.1, 0.15) is 266 Å². The molecule has 0 aliphatic heterocycles. The first-order chi connectivity index (χ1) is 57.1. The Labute approximate surface area is 782 Å². The van der Waals surface area contributed by atoms with Crippen LogP contribution < -0.4 is 49.1 Å². The monoisotopic (exact) mass is 2020 g/mol. The van der Waals surface area contributed by atoms with Crippen molar-refractivity contribution >= 4 is 125 Å². The van der Waals surface area contributed by atoms with E-state index in [1.807, 2.05) is 64.1 Å². The van der Waals surface area contributed by atoms with E-state index >= 15 is 0 Å². The standard InChI is InChI=1S/C18H28N2O4.C10H18N2O3.C10H22N2O3.C10H18O5.C9H19NO3.C9H17NO3.C9H10O.C4H9I.C3H10N2O.2CO.Cl2.2ClH.Ni/c1-5-18(23,13-20-16(22)24-17(2,3)4)12-19-11-15(21)14-9-7-6-8-10-14;1-6-10(14,11-5)7-12-8(13)15-9(2,3)4;1-5-10(14,6-11)7-12-8(13)15-9(2,3)4;1-9(2,3)14-7(11)13-8(12)15-10(4,5)6;2*1-5-7(11)6-10-8(12)13-9(2,3)4;1-2-9(10)8-6-4-3-5-7-8;1-3-4(2)5;4-1-3(6)2-5;3*1-2;;;/h6-10,19,23H,5,11-13H2,1-4H3,(H,20,22);14H,6-7H2,1-4H3,(H,12,13);14H,5-7,11H2,1-4H3,(H,12,13);1-6H3;7,11H,5-6H2,1-4H3,(H,10,12);5-6H2,1-4H3,(H,10,12);3-7H,2H2,1H3;4H,3H2,1-2H3;3,6H,1-2,4-5H2;;;;2*1H;/q;;;;;;;;;;;;;;+2/p-2. The molecule has 0 aliphatic carbocycles. The maximum atomic E-state index is 12.0. The van der Waals surface area contributed by atoms with E-state index in [2.05, 4.69) is 113 Å². The van der Waals surface area contributed by atoms with Crippen LogP contribution in [-0.2, 0) is 64.6 Å². The molecule has 41 heteroatoms. The Bertz CT molecular complexity index is 3200. The zero-order valence-electron chi connectivity index (χ0n) is 78.8. The number of alkyl carbamates (subject to hydrolysis) is 5. The molecule has 5 atom stereocenters. The molecule has 0 saturated heterocycles. The van der Waals surface area contributed by atoms with Crippen molar-refractivity contribution in [3.05, 3.63) is 96.5 Å². The normalized spacial score (nSPS) is 12.4. The van der Waals surface area contributed by atoms with E-state index < -0.39 is 111 Å². The third-order valence-electron chi connectivity index (χ3n) is 13.2. The van der Waals surface area contributed by atoms with Crippen LogP contribution >= 0.6 is 64.7 Å². The first-order valence-corrected chi connectivity index (χ1v) is 44.6. The number of ether oxygens (including phenoxy) is 8. The van der Waals surface area contributed by atoms with Gasteiger partial charge >= 0.3 is 104 Å². The van der Waals surface area contributed by atoms with Crippen molar-refractivity contribution in [1.82, 2.24) is 31.9 Å². The van der Waals surface area contributed by atoms with Gasteiger partial charge in [0.25, 0.3) is 0 Å². The molecule has 0 radical (unpaired) electrons. The summed E-state index contributed by atoms with van der Waals surface area (Å²) in [6, 6.07) is 18.3. The molecule has 0 aromatic heterocycles. The summed E-state index contributed by atoms with van der Waals surface area (Å²) in [6.07, 6.45) is -1.80. The minimum absolute atomic E-state index is 0.00846. The average molecular weight is 2030 g/mol. The molecule has 732 valence electrons. The Hall–Kier alpha value is -6.47. The third kappa shape index (κ3) is 112. The van der Waals surface area contributed by atoms with Crippen molar-refractivity contribution in [3.63, 3.8) is 0 Å². The number of benzene rings is 2. The Morgan fingerprint density at radius 1 is 0.448 bits per heavy atom. The second-order valence-electron chi connectivity index (χ2n) is 33.0. The molecular formula is C84H151Cl4IN10NiO25. The second kappa shape index (κ2) is 79.7. The predicted molar refractivity (Wildman–Crippen MR) is 492 cm³/mol. The zero-order valence-corrected chi connectivity index (χ0v) is 85.0. The van der Waals surface area contributed by atoms with Gasteiger partial charge in [0.1, 0.15) is 45.8 Å². The van der Waals surface area contributed by atoms with E-state index in [0.717, 1.165) is 9.49 Å². The molecule has 17 N–H and O–H groups in total. The first kappa shape index (κ1) is 142. The molecule has 0 saturated carbocycles. The van der Waals surface area contributed by atoms with Gasteiger partial charge in [-0.2, -0.15) is 0 Å². The van der Waals surface area contributed by atoms with Gasteiger partial charge in [0.15, 0.2) is 17.3 Å². The van der Waals surface area contributed by atoms with Crippen LogP contribution in [0.2, 0.25) is 0 Å². The van der Waals surface area contributed by atoms with Gasteiger partial charge in [0.2, 0.25) is 0 Å². The topological polar surface area (TPSA) is 540 Å². The number of alkyl halides is 1. The van der Waals surface area contributed by atoms with Crippen molar-refractivity contribution < 1.29 is 133 Å². The fourth-order valence-corrected chi connectivity index (χ4v) is 6.47. The van der Waals surface area contributed by atoms with Crippen LogP contribution in [0.4, 0.5) is 33.6 Å². The summed E-state index contributed by atoms with van der Waals surface area (Å²) in [4.78, 5) is 115. The first-order valence-electron chi connectivity index (χ1n) is 39.5. The molecule has 5 amide bonds. The van der Waals surface area contributed by atoms with Crippen LogP contribution in [0, 0.1) is 19.9 Å². The van der Waals surface area contributed by atoms with Crippen molar-refractivity contribution in [2.24, 2.45) is 17.2 Å². The van der Waals surface area contributed by atoms with E-state index in [0.29, 0.717) is 50.3 Å². The Balaban J connectivity index is -0.000000131. The number of aliphatic hydroxyl groups is 5. The SMILES string of the molecule is CC(C)(C)OC(=O)OC(=O)OC(C)(C)C.CCC(=O)CNC(=O)OC(C)(C)C.CCC(=O)c1ccccc1.CCC(C)I.CCC(O)(CN)CNC(=O)OC(C)(C)C.CCC(O)(CNCC(=O)c1ccccc1)CNC(=O)OC(C)(C)C.CCC(O)CNC(=O)OC(C)(C)C.ClCl.NCC(O)CN.[C-]#[N+]C(O)(CC)CNC(=O)OC(C)(C)C.[C-]#[O+].[C-]#[O+].[Cl][Ni][Cl]. The van der Waals surface area contributed by atoms with Crippen LogP contribution in [0.5, 0.6) is 0 Å². The molecule has 5 unspecified atom stereocenters. The summed E-state index contributed by atoms with van der Waals surface area (Å²) >= 11 is 2.98. The van der Waals surface area contributed by atoms with E-state index in [4.69, 9.17) is 96.8 Å². The fourth-order valence-electron chi connectivity index (χ4n) is 6.47. The number of aliphatic hydroxyl groups excluding tert-OH is 2. The van der Waals surface area contributed by atoms with E-state index in [1.165, 1.54) is 6.42 Å². The van der Waals surface area contributed by atoms with Crippen LogP contribution in [0.15, 0.2) is 60.7 Å². The predicted octanol–water partition coefficient (Wildman–Crippen LogP) is 15.4. The summed E-state index contributed by atoms with van der Waals surface area (Å²) in [6.45, 7) is 68.8. The van der Waals surface area contributed by atoms with Gasteiger partial charge in [0, 0.05) is 82.3 Å². The van der Waals surface area contributed by atoms with Gasteiger partial charge in [-0.25, -0.2) is 40.1 Å². The Kier molecular flexibility index (Phi) is 90.3. The molecule has 2 rings (SSSR count). The summed E-state index contributed by atoms with van der Waals surface area (Å²) in [7, 11) is 17.6. The number of carbonyl (C=O) groups excluding carboxylic acids is 10. The Morgan fingerprint density at radius 3 is 0.992 bits per heavy atom.